The molecule has 138 valence electrons. The number of quaternary nitrogens is 1. The summed E-state index contributed by atoms with van der Waals surface area (Å²) in [5.41, 5.74) is 8.34. The third-order valence-electron chi connectivity index (χ3n) is 4.76. The van der Waals surface area contributed by atoms with Gasteiger partial charge >= 0.3 is 0 Å². The van der Waals surface area contributed by atoms with Gasteiger partial charge in [0.05, 0.1) is 24.7 Å². The molecule has 0 spiro atoms. The van der Waals surface area contributed by atoms with E-state index in [1.807, 2.05) is 36.6 Å². The van der Waals surface area contributed by atoms with Crippen LogP contribution in [-0.2, 0) is 16.1 Å². The van der Waals surface area contributed by atoms with Crippen LogP contribution in [0.3, 0.4) is 0 Å². The Morgan fingerprint density at radius 2 is 2.23 bits per heavy atom. The Morgan fingerprint density at radius 3 is 2.92 bits per heavy atom. The molecule has 1 aliphatic rings. The van der Waals surface area contributed by atoms with Gasteiger partial charge in [0.1, 0.15) is 12.2 Å². The third kappa shape index (κ3) is 4.28. The van der Waals surface area contributed by atoms with Crippen LogP contribution in [0.25, 0.3) is 0 Å². The van der Waals surface area contributed by atoms with Crippen molar-refractivity contribution in [1.82, 2.24) is 4.98 Å². The number of anilines is 2. The van der Waals surface area contributed by atoms with Crippen molar-refractivity contribution in [3.63, 3.8) is 0 Å². The van der Waals surface area contributed by atoms with E-state index in [9.17, 15) is 9.59 Å². The van der Waals surface area contributed by atoms with Gasteiger partial charge in [-0.05, 0) is 37.5 Å². The molecule has 1 aliphatic heterocycles. The first-order valence-electron chi connectivity index (χ1n) is 8.88. The smallest absolute Gasteiger partial charge is 0.230 e. The van der Waals surface area contributed by atoms with Crippen molar-refractivity contribution in [1.29, 1.82) is 0 Å². The molecule has 26 heavy (non-hydrogen) atoms. The van der Waals surface area contributed by atoms with Gasteiger partial charge in [0, 0.05) is 12.3 Å². The van der Waals surface area contributed by atoms with Gasteiger partial charge in [0.2, 0.25) is 11.8 Å². The minimum atomic E-state index is -0.205. The van der Waals surface area contributed by atoms with Gasteiger partial charge in [-0.25, -0.2) is 4.98 Å². The summed E-state index contributed by atoms with van der Waals surface area (Å²) >= 11 is 1.47. The molecule has 0 radical (unpaired) electrons. The number of aryl methyl sites for hydroxylation is 1. The van der Waals surface area contributed by atoms with Gasteiger partial charge in [0.25, 0.3) is 0 Å². The number of amides is 2. The van der Waals surface area contributed by atoms with E-state index in [0.29, 0.717) is 5.13 Å². The molecule has 0 aliphatic carbocycles. The average molecular weight is 374 g/mol. The molecule has 2 heterocycles. The Morgan fingerprint density at radius 1 is 1.42 bits per heavy atom. The molecule has 1 aromatic heterocycles. The lowest BCUT2D eigenvalue weighted by Gasteiger charge is -2.27. The number of nitrogens with one attached hydrogen (secondary N) is 1. The van der Waals surface area contributed by atoms with Crippen molar-refractivity contribution in [2.45, 2.75) is 33.2 Å². The van der Waals surface area contributed by atoms with Crippen LogP contribution in [-0.4, -0.2) is 29.9 Å². The van der Waals surface area contributed by atoms with Crippen molar-refractivity contribution in [3.8, 4) is 0 Å². The molecule has 1 aromatic carbocycles. The highest BCUT2D eigenvalue weighted by Gasteiger charge is 2.28. The highest BCUT2D eigenvalue weighted by atomic mass is 32.1. The highest BCUT2D eigenvalue weighted by Crippen LogP contribution is 2.29. The number of carbonyl (C=O) groups excluding carboxylic acids is 2. The van der Waals surface area contributed by atoms with E-state index in [0.717, 1.165) is 49.4 Å². The van der Waals surface area contributed by atoms with E-state index in [4.69, 9.17) is 5.73 Å². The zero-order valence-corrected chi connectivity index (χ0v) is 16.0. The molecule has 2 amide bonds. The molecule has 6 nitrogen and oxygen atoms in total. The van der Waals surface area contributed by atoms with Crippen molar-refractivity contribution >= 4 is 34.0 Å². The molecule has 2 aromatic rings. The van der Waals surface area contributed by atoms with Crippen LogP contribution in [0.1, 0.15) is 31.0 Å². The molecule has 0 bridgehead atoms. The molecule has 7 heteroatoms. The van der Waals surface area contributed by atoms with E-state index in [1.54, 1.807) is 11.8 Å². The number of carbonyl (C=O) groups is 2. The van der Waals surface area contributed by atoms with Crippen molar-refractivity contribution in [2.24, 2.45) is 11.7 Å². The topological polar surface area (TPSA) is 80.7 Å². The predicted molar refractivity (Wildman–Crippen MR) is 102 cm³/mol. The number of benzene rings is 1. The second-order valence-corrected chi connectivity index (χ2v) is 7.77. The minimum Gasteiger partial charge on any atom is -0.369 e. The number of rotatable bonds is 5. The summed E-state index contributed by atoms with van der Waals surface area (Å²) < 4.78 is 0. The summed E-state index contributed by atoms with van der Waals surface area (Å²) in [7, 11) is 0. The van der Waals surface area contributed by atoms with Crippen molar-refractivity contribution < 1.29 is 14.5 Å². The summed E-state index contributed by atoms with van der Waals surface area (Å²) in [6.45, 7) is 6.09. The van der Waals surface area contributed by atoms with Crippen LogP contribution in [0.15, 0.2) is 29.6 Å². The zero-order chi connectivity index (χ0) is 18.7. The van der Waals surface area contributed by atoms with Crippen LogP contribution in [0, 0.1) is 12.8 Å². The van der Waals surface area contributed by atoms with Crippen LogP contribution in [0.2, 0.25) is 0 Å². The number of piperidine rings is 1. The standard InChI is InChI=1S/C19H24N4O2S/c1-13-5-3-7-17(9-13)23(14(2)24)19-21-16(12-26-19)11-22-8-4-6-15(10-22)18(20)25/h3,5,7,9,12,15H,4,6,8,10-11H2,1-2H3,(H2,20,25)/p+1/t15-/m0/s1. The van der Waals surface area contributed by atoms with Crippen LogP contribution >= 0.6 is 11.3 Å². The lowest BCUT2D eigenvalue weighted by Crippen LogP contribution is -3.12. The zero-order valence-electron chi connectivity index (χ0n) is 15.2. The number of aromatic nitrogens is 1. The van der Waals surface area contributed by atoms with Gasteiger partial charge in [-0.1, -0.05) is 12.1 Å². The Labute approximate surface area is 157 Å². The Bertz CT molecular complexity index is 804. The Kier molecular flexibility index (Phi) is 5.68. The number of thiazole rings is 1. The highest BCUT2D eigenvalue weighted by molar-refractivity contribution is 7.14. The first kappa shape index (κ1) is 18.5. The lowest BCUT2D eigenvalue weighted by atomic mass is 9.97. The van der Waals surface area contributed by atoms with E-state index in [1.165, 1.54) is 16.2 Å². The SMILES string of the molecule is CC(=O)N(c1cccc(C)c1)c1nc(C[NH+]2CCC[C@H](C(N)=O)C2)cs1. The molecule has 1 fully saturated rings. The molecule has 2 atom stereocenters. The number of hydrogen-bond donors (Lipinski definition) is 2. The maximum Gasteiger partial charge on any atom is 0.230 e. The van der Waals surface area contributed by atoms with Gasteiger partial charge in [-0.2, -0.15) is 0 Å². The number of likely N-dealkylation sites (tertiary alicyclic amines) is 1. The number of nitrogens with zero attached hydrogens (tertiary/aromatic N) is 2. The Hall–Kier alpha value is -2.25. The van der Waals surface area contributed by atoms with Crippen LogP contribution < -0.4 is 15.5 Å². The van der Waals surface area contributed by atoms with Gasteiger partial charge < -0.3 is 10.6 Å². The van der Waals surface area contributed by atoms with Gasteiger partial charge in [-0.15, -0.1) is 11.3 Å². The second kappa shape index (κ2) is 7.97. The fourth-order valence-corrected chi connectivity index (χ4v) is 4.37. The molecular formula is C19H25N4O2S+. The summed E-state index contributed by atoms with van der Waals surface area (Å²) in [6.07, 6.45) is 1.88. The summed E-state index contributed by atoms with van der Waals surface area (Å²) in [4.78, 5) is 31.3. The lowest BCUT2D eigenvalue weighted by molar-refractivity contribution is -0.921. The maximum absolute atomic E-state index is 12.2. The van der Waals surface area contributed by atoms with E-state index >= 15 is 0 Å². The number of hydrogen-bond acceptors (Lipinski definition) is 4. The predicted octanol–water partition coefficient (Wildman–Crippen LogP) is 1.42. The molecule has 0 saturated carbocycles. The molecule has 1 unspecified atom stereocenters. The first-order valence-corrected chi connectivity index (χ1v) is 9.76. The first-order chi connectivity index (χ1) is 12.4. The average Bonchev–Trinajstić information content (AvgIpc) is 3.03. The molecule has 3 rings (SSSR count). The number of primary amides is 1. The minimum absolute atomic E-state index is 0.0436. The fraction of sp³-hybridized carbons (Fsp3) is 0.421. The van der Waals surface area contributed by atoms with E-state index in [-0.39, 0.29) is 17.7 Å². The maximum atomic E-state index is 12.2. The van der Waals surface area contributed by atoms with Crippen LogP contribution in [0.5, 0.6) is 0 Å². The van der Waals surface area contributed by atoms with E-state index < -0.39 is 0 Å². The molecule has 3 N–H and O–H groups in total. The quantitative estimate of drug-likeness (QED) is 0.832. The third-order valence-corrected chi connectivity index (χ3v) is 5.63. The van der Waals surface area contributed by atoms with Crippen molar-refractivity contribution in [2.75, 3.05) is 18.0 Å². The van der Waals surface area contributed by atoms with Crippen LogP contribution in [0.4, 0.5) is 10.8 Å². The monoisotopic (exact) mass is 373 g/mol. The number of nitrogens with two attached hydrogens (primary N) is 1. The van der Waals surface area contributed by atoms with Gasteiger partial charge in [0.15, 0.2) is 5.13 Å². The van der Waals surface area contributed by atoms with Crippen molar-refractivity contribution in [3.05, 3.63) is 40.9 Å². The summed E-state index contributed by atoms with van der Waals surface area (Å²) in [5, 5.41) is 2.68. The largest absolute Gasteiger partial charge is 0.369 e. The second-order valence-electron chi connectivity index (χ2n) is 6.94. The normalized spacial score (nSPS) is 19.9. The Balaban J connectivity index is 1.75. The summed E-state index contributed by atoms with van der Waals surface area (Å²) in [6, 6.07) is 7.85. The van der Waals surface area contributed by atoms with Gasteiger partial charge in [-0.3, -0.25) is 14.5 Å². The fourth-order valence-electron chi connectivity index (χ4n) is 3.48. The van der Waals surface area contributed by atoms with E-state index in [2.05, 4.69) is 4.98 Å². The molecular weight excluding hydrogens is 348 g/mol. The molecule has 1 saturated heterocycles. The summed E-state index contributed by atoms with van der Waals surface area (Å²) in [5.74, 6) is -0.308.